The van der Waals surface area contributed by atoms with E-state index in [1.54, 1.807) is 11.4 Å². The summed E-state index contributed by atoms with van der Waals surface area (Å²) in [6.07, 6.45) is 2.04. The molecule has 108 valence electrons. The molecule has 0 radical (unpaired) electrons. The molecule has 1 saturated heterocycles. The van der Waals surface area contributed by atoms with Gasteiger partial charge in [0.25, 0.3) is 0 Å². The van der Waals surface area contributed by atoms with E-state index in [2.05, 4.69) is 10.0 Å². The van der Waals surface area contributed by atoms with Crippen molar-refractivity contribution in [3.63, 3.8) is 0 Å². The van der Waals surface area contributed by atoms with Crippen LogP contribution in [0.3, 0.4) is 0 Å². The summed E-state index contributed by atoms with van der Waals surface area (Å²) >= 11 is 1.46. The lowest BCUT2D eigenvalue weighted by atomic mass is 10.0. The molecule has 2 rings (SSSR count). The molecule has 0 saturated carbocycles. The Kier molecular flexibility index (Phi) is 5.35. The third kappa shape index (κ3) is 4.25. The molecule has 0 aliphatic carbocycles. The van der Waals surface area contributed by atoms with E-state index in [0.717, 1.165) is 24.3 Å². The first-order valence-electron chi connectivity index (χ1n) is 6.41. The molecule has 1 aromatic heterocycles. The molecule has 0 bridgehead atoms. The highest BCUT2D eigenvalue weighted by atomic mass is 32.2. The third-order valence-electron chi connectivity index (χ3n) is 3.11. The fraction of sp³-hybridized carbons (Fsp3) is 0.667. The van der Waals surface area contributed by atoms with Crippen LogP contribution in [0.4, 0.5) is 0 Å². The molecule has 5 nitrogen and oxygen atoms in total. The highest BCUT2D eigenvalue weighted by Crippen LogP contribution is 2.20. The Labute approximate surface area is 118 Å². The number of hydrogen-bond acceptors (Lipinski definition) is 5. The molecule has 7 heteroatoms. The van der Waals surface area contributed by atoms with Gasteiger partial charge in [-0.3, -0.25) is 0 Å². The normalized spacial score (nSPS) is 20.6. The summed E-state index contributed by atoms with van der Waals surface area (Å²) in [5.74, 6) is 0.291. The molecule has 0 aromatic carbocycles. The van der Waals surface area contributed by atoms with Crippen molar-refractivity contribution in [3.8, 4) is 0 Å². The highest BCUT2D eigenvalue weighted by molar-refractivity contribution is 7.89. The molecule has 2 heterocycles. The van der Waals surface area contributed by atoms with Crippen LogP contribution in [0.5, 0.6) is 0 Å². The maximum atomic E-state index is 12.1. The minimum absolute atomic E-state index is 0.291. The second-order valence-electron chi connectivity index (χ2n) is 4.71. The lowest BCUT2D eigenvalue weighted by molar-refractivity contribution is 0.0568. The van der Waals surface area contributed by atoms with Crippen LogP contribution in [-0.2, 0) is 21.3 Å². The van der Waals surface area contributed by atoms with E-state index in [4.69, 9.17) is 4.74 Å². The van der Waals surface area contributed by atoms with Gasteiger partial charge in [-0.2, -0.15) is 0 Å². The van der Waals surface area contributed by atoms with Crippen LogP contribution < -0.4 is 10.0 Å². The highest BCUT2D eigenvalue weighted by Gasteiger charge is 2.20. The Morgan fingerprint density at radius 3 is 3.05 bits per heavy atom. The Balaban J connectivity index is 1.92. The van der Waals surface area contributed by atoms with Gasteiger partial charge in [-0.05, 0) is 31.9 Å². The first kappa shape index (κ1) is 14.9. The zero-order valence-electron chi connectivity index (χ0n) is 11.0. The van der Waals surface area contributed by atoms with Crippen LogP contribution >= 0.6 is 11.3 Å². The SMILES string of the molecule is CNCc1cc(S(=O)(=O)NCC2CCCOC2)cs1. The van der Waals surface area contributed by atoms with Crippen molar-refractivity contribution in [2.24, 2.45) is 5.92 Å². The van der Waals surface area contributed by atoms with Crippen molar-refractivity contribution < 1.29 is 13.2 Å². The van der Waals surface area contributed by atoms with E-state index < -0.39 is 10.0 Å². The number of nitrogens with one attached hydrogen (secondary N) is 2. The summed E-state index contributed by atoms with van der Waals surface area (Å²) in [5, 5.41) is 4.70. The summed E-state index contributed by atoms with van der Waals surface area (Å²) in [7, 11) is -1.54. The van der Waals surface area contributed by atoms with Gasteiger partial charge in [0.15, 0.2) is 0 Å². The van der Waals surface area contributed by atoms with Gasteiger partial charge >= 0.3 is 0 Å². The molecule has 1 unspecified atom stereocenters. The fourth-order valence-corrected chi connectivity index (χ4v) is 4.45. The first-order valence-corrected chi connectivity index (χ1v) is 8.77. The summed E-state index contributed by atoms with van der Waals surface area (Å²) in [6.45, 7) is 2.59. The minimum Gasteiger partial charge on any atom is -0.381 e. The number of hydrogen-bond donors (Lipinski definition) is 2. The Bertz CT molecular complexity index is 493. The fourth-order valence-electron chi connectivity index (χ4n) is 2.05. The van der Waals surface area contributed by atoms with Crippen LogP contribution in [0.1, 0.15) is 17.7 Å². The van der Waals surface area contributed by atoms with Crippen LogP contribution in [0.2, 0.25) is 0 Å². The van der Waals surface area contributed by atoms with Gasteiger partial charge in [-0.15, -0.1) is 11.3 Å². The molecule has 1 aliphatic rings. The maximum absolute atomic E-state index is 12.1. The first-order chi connectivity index (χ1) is 9.12. The third-order valence-corrected chi connectivity index (χ3v) is 5.60. The van der Waals surface area contributed by atoms with Crippen LogP contribution in [0.15, 0.2) is 16.3 Å². The zero-order chi connectivity index (χ0) is 13.7. The summed E-state index contributed by atoms with van der Waals surface area (Å²) in [4.78, 5) is 1.38. The molecule has 1 aromatic rings. The van der Waals surface area contributed by atoms with Crippen molar-refractivity contribution in [2.75, 3.05) is 26.8 Å². The molecule has 19 heavy (non-hydrogen) atoms. The van der Waals surface area contributed by atoms with Crippen molar-refractivity contribution in [2.45, 2.75) is 24.3 Å². The minimum atomic E-state index is -3.38. The Morgan fingerprint density at radius 1 is 1.53 bits per heavy atom. The second-order valence-corrected chi connectivity index (χ2v) is 7.48. The molecular formula is C12H20N2O3S2. The van der Waals surface area contributed by atoms with Gasteiger partial charge in [0, 0.05) is 30.0 Å². The molecule has 1 aliphatic heterocycles. The van der Waals surface area contributed by atoms with Gasteiger partial charge in [0.05, 0.1) is 11.5 Å². The summed E-state index contributed by atoms with van der Waals surface area (Å²) < 4.78 is 32.3. The Hall–Kier alpha value is -0.470. The smallest absolute Gasteiger partial charge is 0.241 e. The van der Waals surface area contributed by atoms with Crippen LogP contribution in [0.25, 0.3) is 0 Å². The predicted molar refractivity (Wildman–Crippen MR) is 75.8 cm³/mol. The summed E-state index contributed by atoms with van der Waals surface area (Å²) in [5.41, 5.74) is 0. The maximum Gasteiger partial charge on any atom is 0.241 e. The van der Waals surface area contributed by atoms with Crippen molar-refractivity contribution in [3.05, 3.63) is 16.3 Å². The van der Waals surface area contributed by atoms with E-state index in [0.29, 0.717) is 30.5 Å². The number of sulfonamides is 1. The van der Waals surface area contributed by atoms with E-state index in [-0.39, 0.29) is 0 Å². The van der Waals surface area contributed by atoms with E-state index in [1.165, 1.54) is 11.3 Å². The number of ether oxygens (including phenoxy) is 1. The monoisotopic (exact) mass is 304 g/mol. The van der Waals surface area contributed by atoms with Gasteiger partial charge in [-0.1, -0.05) is 0 Å². The standard InChI is InChI=1S/C12H20N2O3S2/c1-13-7-11-5-12(9-18-11)19(15,16)14-6-10-3-2-4-17-8-10/h5,9-10,13-14H,2-4,6-8H2,1H3. The predicted octanol–water partition coefficient (Wildman–Crippen LogP) is 1.17. The van der Waals surface area contributed by atoms with Crippen molar-refractivity contribution in [1.82, 2.24) is 10.0 Å². The largest absolute Gasteiger partial charge is 0.381 e. The number of thiophene rings is 1. The average Bonchev–Trinajstić information content (AvgIpc) is 2.88. The molecule has 1 atom stereocenters. The summed E-state index contributed by atoms with van der Waals surface area (Å²) in [6, 6.07) is 1.72. The van der Waals surface area contributed by atoms with Gasteiger partial charge in [0.2, 0.25) is 10.0 Å². The molecule has 1 fully saturated rings. The van der Waals surface area contributed by atoms with Crippen molar-refractivity contribution in [1.29, 1.82) is 0 Å². The molecule has 2 N–H and O–H groups in total. The average molecular weight is 304 g/mol. The molecular weight excluding hydrogens is 284 g/mol. The van der Waals surface area contributed by atoms with Gasteiger partial charge < -0.3 is 10.1 Å². The Morgan fingerprint density at radius 2 is 2.37 bits per heavy atom. The van der Waals surface area contributed by atoms with Gasteiger partial charge in [-0.25, -0.2) is 13.1 Å². The lowest BCUT2D eigenvalue weighted by Gasteiger charge is -2.21. The van der Waals surface area contributed by atoms with Gasteiger partial charge in [0.1, 0.15) is 0 Å². The number of rotatable bonds is 6. The van der Waals surface area contributed by atoms with Crippen LogP contribution in [0, 0.1) is 5.92 Å². The molecule has 0 spiro atoms. The van der Waals surface area contributed by atoms with Crippen LogP contribution in [-0.4, -0.2) is 35.2 Å². The van der Waals surface area contributed by atoms with Crippen molar-refractivity contribution >= 4 is 21.4 Å². The van der Waals surface area contributed by atoms with E-state index in [1.807, 2.05) is 7.05 Å². The van der Waals surface area contributed by atoms with E-state index >= 15 is 0 Å². The lowest BCUT2D eigenvalue weighted by Crippen LogP contribution is -2.33. The van der Waals surface area contributed by atoms with E-state index in [9.17, 15) is 8.42 Å². The zero-order valence-corrected chi connectivity index (χ0v) is 12.6. The second kappa shape index (κ2) is 6.81. The topological polar surface area (TPSA) is 67.4 Å². The quantitative estimate of drug-likeness (QED) is 0.828. The molecule has 0 amide bonds.